The molecule has 0 aliphatic carbocycles. The molecule has 3 unspecified atom stereocenters. The topological polar surface area (TPSA) is 113 Å². The predicted molar refractivity (Wildman–Crippen MR) is 155 cm³/mol. The van der Waals surface area contributed by atoms with E-state index < -0.39 is 0 Å². The Balaban J connectivity index is 1.09. The van der Waals surface area contributed by atoms with Gasteiger partial charge in [0, 0.05) is 61.1 Å². The second kappa shape index (κ2) is 11.9. The Kier molecular flexibility index (Phi) is 7.89. The molecule has 2 fully saturated rings. The van der Waals surface area contributed by atoms with Crippen molar-refractivity contribution >= 4 is 34.9 Å². The summed E-state index contributed by atoms with van der Waals surface area (Å²) in [5.74, 6) is 0.421. The number of fused-ring (bicyclic) bond motifs is 1. The molecule has 0 bridgehead atoms. The van der Waals surface area contributed by atoms with Gasteiger partial charge in [0.1, 0.15) is 6.10 Å². The van der Waals surface area contributed by atoms with Crippen LogP contribution in [0.5, 0.6) is 0 Å². The van der Waals surface area contributed by atoms with E-state index in [-0.39, 0.29) is 24.1 Å². The van der Waals surface area contributed by atoms with Gasteiger partial charge in [-0.1, -0.05) is 6.08 Å². The number of benzene rings is 1. The maximum atomic E-state index is 12.8. The number of aromatic nitrogens is 3. The fourth-order valence-corrected chi connectivity index (χ4v) is 5.64. The number of amides is 2. The summed E-state index contributed by atoms with van der Waals surface area (Å²) in [5.41, 5.74) is 4.28. The molecule has 41 heavy (non-hydrogen) atoms. The summed E-state index contributed by atoms with van der Waals surface area (Å²) in [6, 6.07) is 12.0. The lowest BCUT2D eigenvalue weighted by Gasteiger charge is -2.35. The number of likely N-dealkylation sites (tertiary alicyclic amines) is 1. The highest BCUT2D eigenvalue weighted by atomic mass is 16.6. The first kappa shape index (κ1) is 27.2. The van der Waals surface area contributed by atoms with Crippen molar-refractivity contribution in [3.63, 3.8) is 0 Å². The van der Waals surface area contributed by atoms with Gasteiger partial charge in [-0.2, -0.15) is 4.98 Å². The maximum Gasteiger partial charge on any atom is 0.410 e. The van der Waals surface area contributed by atoms with Gasteiger partial charge < -0.3 is 29.9 Å². The van der Waals surface area contributed by atoms with Crippen LogP contribution in [0.4, 0.5) is 16.4 Å². The zero-order valence-electron chi connectivity index (χ0n) is 23.6. The minimum absolute atomic E-state index is 0.0473. The number of anilines is 2. The zero-order chi connectivity index (χ0) is 28.3. The standard InChI is InChI=1S/C30H37N7O4/c1-20-18-24(11-14-35(20)2)31-28(38)22-5-7-23(8-6-22)32-29-33-27-26(4-3-13-37(27)34-29)21-9-15-36(16-10-21)30(39)41-25-12-17-40-19-25/h3-9,13,20,24-25H,10-12,14-19H2,1-2H3,(H,31,38)(H,32,34). The van der Waals surface area contributed by atoms with Crippen LogP contribution in [0, 0.1) is 0 Å². The highest BCUT2D eigenvalue weighted by molar-refractivity contribution is 5.94. The van der Waals surface area contributed by atoms with Crippen LogP contribution in [-0.4, -0.2) is 94.5 Å². The van der Waals surface area contributed by atoms with Gasteiger partial charge in [0.2, 0.25) is 5.95 Å². The summed E-state index contributed by atoms with van der Waals surface area (Å²) in [6.07, 6.45) is 6.86. The van der Waals surface area contributed by atoms with E-state index in [0.717, 1.165) is 48.3 Å². The number of carbonyl (C=O) groups excluding carboxylic acids is 2. The molecule has 11 nitrogen and oxygen atoms in total. The van der Waals surface area contributed by atoms with E-state index in [1.54, 1.807) is 9.42 Å². The van der Waals surface area contributed by atoms with Crippen molar-refractivity contribution in [2.24, 2.45) is 0 Å². The van der Waals surface area contributed by atoms with Crippen LogP contribution in [0.2, 0.25) is 0 Å². The molecule has 3 atom stereocenters. The largest absolute Gasteiger partial charge is 0.444 e. The van der Waals surface area contributed by atoms with Crippen LogP contribution >= 0.6 is 0 Å². The number of nitrogens with zero attached hydrogens (tertiary/aromatic N) is 5. The molecule has 3 aliphatic rings. The Bertz CT molecular complexity index is 1430. The van der Waals surface area contributed by atoms with Crippen LogP contribution in [-0.2, 0) is 9.47 Å². The number of hydrogen-bond acceptors (Lipinski definition) is 8. The molecule has 0 radical (unpaired) electrons. The number of pyridine rings is 1. The van der Waals surface area contributed by atoms with E-state index in [4.69, 9.17) is 14.5 Å². The molecular weight excluding hydrogens is 522 g/mol. The van der Waals surface area contributed by atoms with Gasteiger partial charge in [-0.25, -0.2) is 9.31 Å². The third-order valence-electron chi connectivity index (χ3n) is 8.28. The Hall–Kier alpha value is -3.96. The Labute approximate surface area is 239 Å². The number of carbonyl (C=O) groups is 2. The second-order valence-corrected chi connectivity index (χ2v) is 11.1. The number of hydrogen-bond donors (Lipinski definition) is 2. The Morgan fingerprint density at radius 2 is 1.98 bits per heavy atom. The van der Waals surface area contributed by atoms with Crippen LogP contribution < -0.4 is 10.6 Å². The summed E-state index contributed by atoms with van der Waals surface area (Å²) in [6.45, 7) is 5.37. The molecule has 0 spiro atoms. The lowest BCUT2D eigenvalue weighted by atomic mass is 9.98. The minimum atomic E-state index is -0.289. The Morgan fingerprint density at radius 1 is 1.12 bits per heavy atom. The highest BCUT2D eigenvalue weighted by Gasteiger charge is 2.26. The number of nitrogens with one attached hydrogen (secondary N) is 2. The van der Waals surface area contributed by atoms with E-state index >= 15 is 0 Å². The molecule has 216 valence electrons. The highest BCUT2D eigenvalue weighted by Crippen LogP contribution is 2.27. The number of rotatable bonds is 6. The molecule has 2 saturated heterocycles. The first-order valence-corrected chi connectivity index (χ1v) is 14.4. The van der Waals surface area contributed by atoms with Crippen molar-refractivity contribution in [2.75, 3.05) is 45.2 Å². The van der Waals surface area contributed by atoms with E-state index in [9.17, 15) is 9.59 Å². The fourth-order valence-electron chi connectivity index (χ4n) is 5.64. The van der Waals surface area contributed by atoms with E-state index in [0.29, 0.717) is 50.3 Å². The quantitative estimate of drug-likeness (QED) is 0.470. The van der Waals surface area contributed by atoms with Gasteiger partial charge in [-0.15, -0.1) is 5.10 Å². The van der Waals surface area contributed by atoms with Crippen molar-refractivity contribution in [1.82, 2.24) is 29.7 Å². The SMILES string of the molecule is CC1CC(NC(=O)c2ccc(Nc3nc4c(C5=CCN(C(=O)OC6CCOC6)CC5)cccn4n3)cc2)CCN1C. The van der Waals surface area contributed by atoms with Gasteiger partial charge in [0.15, 0.2) is 5.65 Å². The van der Waals surface area contributed by atoms with Crippen molar-refractivity contribution < 1.29 is 19.1 Å². The van der Waals surface area contributed by atoms with Crippen molar-refractivity contribution in [1.29, 1.82) is 0 Å². The van der Waals surface area contributed by atoms with Gasteiger partial charge in [-0.05, 0) is 75.2 Å². The summed E-state index contributed by atoms with van der Waals surface area (Å²) in [5, 5.41) is 11.0. The first-order valence-electron chi connectivity index (χ1n) is 14.4. The first-order chi connectivity index (χ1) is 19.9. The molecule has 2 N–H and O–H groups in total. The summed E-state index contributed by atoms with van der Waals surface area (Å²) >= 11 is 0. The van der Waals surface area contributed by atoms with Crippen molar-refractivity contribution in [3.8, 4) is 0 Å². The molecule has 3 aromatic rings. The summed E-state index contributed by atoms with van der Waals surface area (Å²) < 4.78 is 12.6. The molecule has 2 aromatic heterocycles. The van der Waals surface area contributed by atoms with Crippen molar-refractivity contribution in [3.05, 3.63) is 59.8 Å². The molecule has 1 aromatic carbocycles. The molecule has 5 heterocycles. The third-order valence-corrected chi connectivity index (χ3v) is 8.28. The predicted octanol–water partition coefficient (Wildman–Crippen LogP) is 3.70. The zero-order valence-corrected chi connectivity index (χ0v) is 23.6. The van der Waals surface area contributed by atoms with Gasteiger partial charge in [0.05, 0.1) is 13.2 Å². The lowest BCUT2D eigenvalue weighted by Crippen LogP contribution is -2.47. The third kappa shape index (κ3) is 6.20. The Morgan fingerprint density at radius 3 is 2.71 bits per heavy atom. The minimum Gasteiger partial charge on any atom is -0.444 e. The van der Waals surface area contributed by atoms with E-state index in [2.05, 4.69) is 40.7 Å². The normalized spacial score (nSPS) is 23.3. The number of ether oxygens (including phenoxy) is 2. The van der Waals surface area contributed by atoms with Gasteiger partial charge in [0.25, 0.3) is 5.91 Å². The van der Waals surface area contributed by atoms with Crippen LogP contribution in [0.1, 0.15) is 48.5 Å². The molecule has 0 saturated carbocycles. The monoisotopic (exact) mass is 559 g/mol. The fraction of sp³-hybridized carbons (Fsp3) is 0.467. The molecular formula is C30H37N7O4. The van der Waals surface area contributed by atoms with Crippen LogP contribution in [0.25, 0.3) is 11.2 Å². The number of piperidine rings is 1. The van der Waals surface area contributed by atoms with Gasteiger partial charge in [-0.3, -0.25) is 4.79 Å². The summed E-state index contributed by atoms with van der Waals surface area (Å²) in [7, 11) is 2.13. The average molecular weight is 560 g/mol. The van der Waals surface area contributed by atoms with Crippen molar-refractivity contribution in [2.45, 2.75) is 50.8 Å². The van der Waals surface area contributed by atoms with Crippen LogP contribution in [0.3, 0.4) is 0 Å². The maximum absolute atomic E-state index is 12.8. The summed E-state index contributed by atoms with van der Waals surface area (Å²) in [4.78, 5) is 34.1. The average Bonchev–Trinajstić information content (AvgIpc) is 3.65. The molecule has 11 heteroatoms. The molecule has 3 aliphatic heterocycles. The van der Waals surface area contributed by atoms with E-state index in [1.807, 2.05) is 42.6 Å². The second-order valence-electron chi connectivity index (χ2n) is 11.1. The molecule has 6 rings (SSSR count). The molecule has 2 amide bonds. The lowest BCUT2D eigenvalue weighted by molar-refractivity contribution is 0.0569. The van der Waals surface area contributed by atoms with E-state index in [1.165, 1.54) is 0 Å². The van der Waals surface area contributed by atoms with Crippen LogP contribution in [0.15, 0.2) is 48.7 Å². The van der Waals surface area contributed by atoms with Gasteiger partial charge >= 0.3 is 6.09 Å². The smallest absolute Gasteiger partial charge is 0.410 e.